The molecule has 38 heavy (non-hydrogen) atoms. The van der Waals surface area contributed by atoms with Crippen molar-refractivity contribution in [1.29, 1.82) is 0 Å². The Balaban J connectivity index is 1.72. The number of nitrogens with one attached hydrogen (secondary N) is 1. The number of halogens is 1. The van der Waals surface area contributed by atoms with Crippen LogP contribution in [0.1, 0.15) is 47.5 Å². The molecule has 2 bridgehead atoms. The largest absolute Gasteiger partial charge is 0.466 e. The molecule has 1 aromatic rings. The standard InChI is InChI=1S/C28H40BrN3O5S/c1-6-16(5)20(15-33)32-24(25(34)30-17-10-12-18(13-11-17)31(7-2)8-3)28-14-19(29)23(38-28)21(22(28)26(32)35)27(36)37-9-4/h10-13,16,19-24,33H,6-9,14-15H2,1-5H3,(H,30,34)/t16-,19?,20-,21-,22-,23-,24?,28?/m0/s1. The molecule has 3 aliphatic rings. The first-order valence-corrected chi connectivity index (χ1v) is 15.6. The zero-order valence-electron chi connectivity index (χ0n) is 22.9. The Morgan fingerprint density at radius 1 is 1.24 bits per heavy atom. The number of likely N-dealkylation sites (tertiary alicyclic amines) is 1. The lowest BCUT2D eigenvalue weighted by molar-refractivity contribution is -0.154. The number of fused-ring (bicyclic) bond motifs is 1. The highest BCUT2D eigenvalue weighted by Crippen LogP contribution is 2.68. The van der Waals surface area contributed by atoms with Crippen LogP contribution in [0, 0.1) is 17.8 Å². The minimum absolute atomic E-state index is 0.0224. The van der Waals surface area contributed by atoms with Crippen LogP contribution in [0.2, 0.25) is 0 Å². The van der Waals surface area contributed by atoms with Crippen LogP contribution >= 0.6 is 27.7 Å². The van der Waals surface area contributed by atoms with Crippen LogP contribution in [-0.4, -0.2) is 81.0 Å². The maximum absolute atomic E-state index is 14.2. The first-order chi connectivity index (χ1) is 18.2. The van der Waals surface area contributed by atoms with Crippen molar-refractivity contribution in [3.8, 4) is 0 Å². The zero-order valence-corrected chi connectivity index (χ0v) is 25.3. The summed E-state index contributed by atoms with van der Waals surface area (Å²) in [6, 6.07) is 6.39. The van der Waals surface area contributed by atoms with Crippen molar-refractivity contribution in [3.05, 3.63) is 24.3 Å². The number of rotatable bonds is 11. The lowest BCUT2D eigenvalue weighted by Gasteiger charge is -2.39. The Labute approximate surface area is 238 Å². The second kappa shape index (κ2) is 11.8. The first-order valence-electron chi connectivity index (χ1n) is 13.8. The summed E-state index contributed by atoms with van der Waals surface area (Å²) in [5, 5.41) is 13.3. The molecular formula is C28H40BrN3O5S. The Bertz CT molecular complexity index is 1040. The third-order valence-corrected chi connectivity index (χ3v) is 11.9. The van der Waals surface area contributed by atoms with Crippen molar-refractivity contribution in [1.82, 2.24) is 4.90 Å². The first kappa shape index (κ1) is 29.2. The van der Waals surface area contributed by atoms with Gasteiger partial charge >= 0.3 is 5.97 Å². The number of aliphatic hydroxyl groups excluding tert-OH is 1. The minimum atomic E-state index is -0.817. The fraction of sp³-hybridized carbons (Fsp3) is 0.679. The van der Waals surface area contributed by atoms with Crippen molar-refractivity contribution in [2.45, 2.75) is 74.4 Å². The number of carbonyl (C=O) groups is 3. The normalized spacial score (nSPS) is 31.2. The van der Waals surface area contributed by atoms with E-state index in [2.05, 4.69) is 40.0 Å². The van der Waals surface area contributed by atoms with Gasteiger partial charge in [-0.1, -0.05) is 36.2 Å². The predicted octanol–water partition coefficient (Wildman–Crippen LogP) is 3.91. The Morgan fingerprint density at radius 2 is 1.89 bits per heavy atom. The zero-order chi connectivity index (χ0) is 27.8. The number of anilines is 2. The number of carbonyl (C=O) groups excluding carboxylic acids is 3. The SMILES string of the molecule is CCOC(=O)[C@H]1[C@H]2C(=O)N([C@@H](CO)[C@@H](C)CC)C(C(=O)Nc3ccc(N(CC)CC)cc3)C23CC(Br)[C@@H]1S3. The summed E-state index contributed by atoms with van der Waals surface area (Å²) in [5.41, 5.74) is 1.72. The molecule has 0 radical (unpaired) electrons. The maximum Gasteiger partial charge on any atom is 0.310 e. The number of nitrogens with zero attached hydrogens (tertiary/aromatic N) is 2. The fourth-order valence-electron chi connectivity index (χ4n) is 6.60. The number of hydrogen-bond donors (Lipinski definition) is 2. The van der Waals surface area contributed by atoms with Gasteiger partial charge in [0.25, 0.3) is 0 Å². The van der Waals surface area contributed by atoms with Gasteiger partial charge in [0.05, 0.1) is 35.8 Å². The molecule has 3 saturated heterocycles. The van der Waals surface area contributed by atoms with Crippen molar-refractivity contribution in [2.75, 3.05) is 36.5 Å². The lowest BCUT2D eigenvalue weighted by Crippen LogP contribution is -2.56. The highest BCUT2D eigenvalue weighted by Gasteiger charge is 2.76. The highest BCUT2D eigenvalue weighted by atomic mass is 79.9. The van der Waals surface area contributed by atoms with E-state index in [1.807, 2.05) is 38.1 Å². The van der Waals surface area contributed by atoms with Gasteiger partial charge in [-0.15, -0.1) is 11.8 Å². The molecule has 3 heterocycles. The second-order valence-electron chi connectivity index (χ2n) is 10.5. The number of hydrogen-bond acceptors (Lipinski definition) is 7. The quantitative estimate of drug-likeness (QED) is 0.290. The monoisotopic (exact) mass is 609 g/mol. The molecular weight excluding hydrogens is 570 g/mol. The summed E-state index contributed by atoms with van der Waals surface area (Å²) in [6.07, 6.45) is 1.33. The molecule has 4 rings (SSSR count). The van der Waals surface area contributed by atoms with Crippen LogP contribution in [0.5, 0.6) is 0 Å². The molecule has 3 aliphatic heterocycles. The second-order valence-corrected chi connectivity index (χ2v) is 13.2. The van der Waals surface area contributed by atoms with Crippen LogP contribution in [-0.2, 0) is 19.1 Å². The molecule has 2 N–H and O–H groups in total. The summed E-state index contributed by atoms with van der Waals surface area (Å²) >= 11 is 5.33. The number of amides is 2. The van der Waals surface area contributed by atoms with Gasteiger partial charge in [-0.2, -0.15) is 0 Å². The third kappa shape index (κ3) is 4.74. The van der Waals surface area contributed by atoms with Crippen molar-refractivity contribution in [3.63, 3.8) is 0 Å². The molecule has 0 aromatic heterocycles. The third-order valence-electron chi connectivity index (χ3n) is 8.64. The average Bonchev–Trinajstić information content (AvgIpc) is 3.50. The Morgan fingerprint density at radius 3 is 2.45 bits per heavy atom. The van der Waals surface area contributed by atoms with Gasteiger partial charge in [0.15, 0.2) is 0 Å². The number of alkyl halides is 1. The molecule has 10 heteroatoms. The van der Waals surface area contributed by atoms with E-state index in [1.165, 1.54) is 0 Å². The van der Waals surface area contributed by atoms with E-state index in [0.717, 1.165) is 25.2 Å². The van der Waals surface area contributed by atoms with E-state index in [4.69, 9.17) is 4.74 Å². The molecule has 3 unspecified atom stereocenters. The predicted molar refractivity (Wildman–Crippen MR) is 155 cm³/mol. The molecule has 3 fully saturated rings. The van der Waals surface area contributed by atoms with Crippen LogP contribution in [0.3, 0.4) is 0 Å². The Hall–Kier alpha value is -1.78. The number of aliphatic hydroxyl groups is 1. The van der Waals surface area contributed by atoms with Crippen molar-refractivity contribution in [2.24, 2.45) is 17.8 Å². The van der Waals surface area contributed by atoms with Crippen LogP contribution in [0.15, 0.2) is 24.3 Å². The van der Waals surface area contributed by atoms with Crippen LogP contribution < -0.4 is 10.2 Å². The van der Waals surface area contributed by atoms with Gasteiger partial charge in [-0.05, 0) is 57.4 Å². The van der Waals surface area contributed by atoms with Crippen LogP contribution in [0.4, 0.5) is 11.4 Å². The van der Waals surface area contributed by atoms with E-state index in [0.29, 0.717) is 12.1 Å². The van der Waals surface area contributed by atoms with Gasteiger partial charge in [-0.3, -0.25) is 14.4 Å². The minimum Gasteiger partial charge on any atom is -0.466 e. The lowest BCUT2D eigenvalue weighted by atomic mass is 9.71. The molecule has 2 amide bonds. The van der Waals surface area contributed by atoms with E-state index in [9.17, 15) is 19.5 Å². The highest BCUT2D eigenvalue weighted by molar-refractivity contribution is 9.09. The van der Waals surface area contributed by atoms with Crippen molar-refractivity contribution < 1.29 is 24.2 Å². The summed E-state index contributed by atoms with van der Waals surface area (Å²) in [7, 11) is 0. The average molecular weight is 611 g/mol. The van der Waals surface area contributed by atoms with E-state index in [1.54, 1.807) is 23.6 Å². The summed E-state index contributed by atoms with van der Waals surface area (Å²) < 4.78 is 4.63. The molecule has 8 atom stereocenters. The van der Waals surface area contributed by atoms with Gasteiger partial charge in [0.1, 0.15) is 6.04 Å². The smallest absolute Gasteiger partial charge is 0.310 e. The number of benzene rings is 1. The maximum atomic E-state index is 14.2. The summed E-state index contributed by atoms with van der Waals surface area (Å²) in [6.45, 7) is 11.7. The molecule has 0 aliphatic carbocycles. The summed E-state index contributed by atoms with van der Waals surface area (Å²) in [4.78, 5) is 45.2. The van der Waals surface area contributed by atoms with Crippen LogP contribution in [0.25, 0.3) is 0 Å². The number of ether oxygens (including phenoxy) is 1. The fourth-order valence-corrected chi connectivity index (χ4v) is 10.2. The molecule has 0 saturated carbocycles. The molecule has 1 aromatic carbocycles. The van der Waals surface area contributed by atoms with Gasteiger partial charge in [0.2, 0.25) is 11.8 Å². The van der Waals surface area contributed by atoms with Gasteiger partial charge < -0.3 is 25.0 Å². The summed E-state index contributed by atoms with van der Waals surface area (Å²) in [5.74, 6) is -2.21. The number of thioether (sulfide) groups is 1. The molecule has 8 nitrogen and oxygen atoms in total. The van der Waals surface area contributed by atoms with Gasteiger partial charge in [0, 0.05) is 34.5 Å². The van der Waals surface area contributed by atoms with E-state index in [-0.39, 0.29) is 47.0 Å². The number of esters is 1. The Kier molecular flexibility index (Phi) is 9.04. The molecule has 1 spiro atoms. The van der Waals surface area contributed by atoms with Crippen molar-refractivity contribution >= 4 is 56.9 Å². The topological polar surface area (TPSA) is 99.2 Å². The van der Waals surface area contributed by atoms with E-state index >= 15 is 0 Å². The van der Waals surface area contributed by atoms with Gasteiger partial charge in [-0.25, -0.2) is 0 Å². The van der Waals surface area contributed by atoms with E-state index < -0.39 is 28.7 Å². The molecule has 210 valence electrons.